The number of phenols is 1. The van der Waals surface area contributed by atoms with E-state index in [2.05, 4.69) is 20.9 Å². The van der Waals surface area contributed by atoms with Gasteiger partial charge in [0.2, 0.25) is 0 Å². The summed E-state index contributed by atoms with van der Waals surface area (Å²) in [7, 11) is 0. The van der Waals surface area contributed by atoms with Crippen LogP contribution in [-0.4, -0.2) is 21.8 Å². The standard InChI is InChI=1S/C21H20BrNO4/c22-18-7-6-17(16(9-11-24)19-12-15(25)8-10-23-19)20(26)21(18)27-13-14-4-2-1-3-5-14/h1-8,10,12,16,24,26H,9,11,13H2,(H,23,25). The first-order chi connectivity index (χ1) is 13.1. The summed E-state index contributed by atoms with van der Waals surface area (Å²) in [6.07, 6.45) is 1.91. The number of aromatic nitrogens is 1. The van der Waals surface area contributed by atoms with Crippen LogP contribution in [0.5, 0.6) is 11.5 Å². The first-order valence-corrected chi connectivity index (χ1v) is 9.37. The second kappa shape index (κ2) is 8.88. The monoisotopic (exact) mass is 429 g/mol. The second-order valence-electron chi connectivity index (χ2n) is 6.13. The average molecular weight is 430 g/mol. The SMILES string of the molecule is O=c1cc[nH]c(C(CCO)c2ccc(Br)c(OCc3ccccc3)c2O)c1. The third kappa shape index (κ3) is 4.59. The number of H-pyrrole nitrogens is 1. The molecule has 0 fully saturated rings. The number of aliphatic hydroxyl groups is 1. The first-order valence-electron chi connectivity index (χ1n) is 8.57. The maximum Gasteiger partial charge on any atom is 0.181 e. The lowest BCUT2D eigenvalue weighted by molar-refractivity contribution is 0.274. The Morgan fingerprint density at radius 1 is 1.11 bits per heavy atom. The van der Waals surface area contributed by atoms with Crippen LogP contribution in [0, 0.1) is 0 Å². The third-order valence-corrected chi connectivity index (χ3v) is 4.93. The van der Waals surface area contributed by atoms with Crippen molar-refractivity contribution in [3.63, 3.8) is 0 Å². The highest BCUT2D eigenvalue weighted by Gasteiger charge is 2.22. The Balaban J connectivity index is 1.95. The summed E-state index contributed by atoms with van der Waals surface area (Å²) in [6.45, 7) is 0.223. The number of nitrogens with one attached hydrogen (secondary N) is 1. The van der Waals surface area contributed by atoms with Crippen LogP contribution in [0.25, 0.3) is 0 Å². The smallest absolute Gasteiger partial charge is 0.181 e. The molecule has 1 atom stereocenters. The molecule has 1 unspecified atom stereocenters. The summed E-state index contributed by atoms with van der Waals surface area (Å²) in [5, 5.41) is 20.3. The molecule has 0 amide bonds. The Kier molecular flexibility index (Phi) is 6.32. The Bertz CT molecular complexity index is 956. The number of aliphatic hydroxyl groups excluding tert-OH is 1. The number of pyridine rings is 1. The first kappa shape index (κ1) is 19.2. The van der Waals surface area contributed by atoms with Crippen LogP contribution in [0.15, 0.2) is 70.1 Å². The summed E-state index contributed by atoms with van der Waals surface area (Å²) >= 11 is 3.42. The van der Waals surface area contributed by atoms with Crippen molar-refractivity contribution in [3.8, 4) is 11.5 Å². The van der Waals surface area contributed by atoms with Gasteiger partial charge in [0.25, 0.3) is 0 Å². The van der Waals surface area contributed by atoms with Crippen LogP contribution in [0.4, 0.5) is 0 Å². The quantitative estimate of drug-likeness (QED) is 0.531. The van der Waals surface area contributed by atoms with Gasteiger partial charge in [-0.25, -0.2) is 0 Å². The minimum Gasteiger partial charge on any atom is -0.504 e. The van der Waals surface area contributed by atoms with E-state index in [1.54, 1.807) is 18.3 Å². The fraction of sp³-hybridized carbons (Fsp3) is 0.190. The van der Waals surface area contributed by atoms with Crippen molar-refractivity contribution >= 4 is 15.9 Å². The lowest BCUT2D eigenvalue weighted by atomic mass is 9.91. The van der Waals surface area contributed by atoms with Crippen molar-refractivity contribution in [2.75, 3.05) is 6.61 Å². The zero-order chi connectivity index (χ0) is 19.2. The summed E-state index contributed by atoms with van der Waals surface area (Å²) in [5.74, 6) is -0.0443. The van der Waals surface area contributed by atoms with Crippen molar-refractivity contribution in [2.24, 2.45) is 0 Å². The van der Waals surface area contributed by atoms with E-state index >= 15 is 0 Å². The number of aromatic amines is 1. The molecule has 0 radical (unpaired) electrons. The minimum atomic E-state index is -0.365. The van der Waals surface area contributed by atoms with E-state index in [-0.39, 0.29) is 23.7 Å². The van der Waals surface area contributed by atoms with Crippen molar-refractivity contribution < 1.29 is 14.9 Å². The van der Waals surface area contributed by atoms with Gasteiger partial charge in [-0.3, -0.25) is 4.79 Å². The zero-order valence-electron chi connectivity index (χ0n) is 14.6. The molecule has 0 aliphatic rings. The fourth-order valence-corrected chi connectivity index (χ4v) is 3.42. The molecule has 0 saturated carbocycles. The number of ether oxygens (including phenoxy) is 1. The Morgan fingerprint density at radius 2 is 1.89 bits per heavy atom. The van der Waals surface area contributed by atoms with Gasteiger partial charge in [0.15, 0.2) is 16.9 Å². The second-order valence-corrected chi connectivity index (χ2v) is 6.99. The maximum absolute atomic E-state index is 11.7. The summed E-state index contributed by atoms with van der Waals surface area (Å²) < 4.78 is 6.48. The molecular weight excluding hydrogens is 410 g/mol. The van der Waals surface area contributed by atoms with Crippen molar-refractivity contribution in [1.82, 2.24) is 4.98 Å². The van der Waals surface area contributed by atoms with E-state index in [1.807, 2.05) is 30.3 Å². The van der Waals surface area contributed by atoms with Crippen LogP contribution in [0.1, 0.15) is 29.2 Å². The van der Waals surface area contributed by atoms with E-state index in [0.717, 1.165) is 5.56 Å². The van der Waals surface area contributed by atoms with Crippen LogP contribution < -0.4 is 10.2 Å². The molecule has 3 rings (SSSR count). The summed E-state index contributed by atoms with van der Waals surface area (Å²) in [4.78, 5) is 14.8. The molecule has 0 aliphatic heterocycles. The van der Waals surface area contributed by atoms with Crippen LogP contribution >= 0.6 is 15.9 Å². The van der Waals surface area contributed by atoms with Gasteiger partial charge in [0.05, 0.1) is 4.47 Å². The van der Waals surface area contributed by atoms with Gasteiger partial charge in [-0.15, -0.1) is 0 Å². The van der Waals surface area contributed by atoms with E-state index in [0.29, 0.717) is 34.5 Å². The highest BCUT2D eigenvalue weighted by Crippen LogP contribution is 2.43. The van der Waals surface area contributed by atoms with Crippen molar-refractivity contribution in [3.05, 3.63) is 92.3 Å². The molecule has 0 bridgehead atoms. The predicted octanol–water partition coefficient (Wildman–Crippen LogP) is 3.94. The highest BCUT2D eigenvalue weighted by molar-refractivity contribution is 9.10. The van der Waals surface area contributed by atoms with Crippen LogP contribution in [0.3, 0.4) is 0 Å². The Labute approximate surface area is 165 Å². The number of hydrogen-bond acceptors (Lipinski definition) is 4. The van der Waals surface area contributed by atoms with E-state index < -0.39 is 0 Å². The van der Waals surface area contributed by atoms with Crippen molar-refractivity contribution in [1.29, 1.82) is 0 Å². The van der Waals surface area contributed by atoms with Gasteiger partial charge in [-0.2, -0.15) is 0 Å². The Morgan fingerprint density at radius 3 is 2.59 bits per heavy atom. The third-order valence-electron chi connectivity index (χ3n) is 4.30. The molecule has 1 aromatic heterocycles. The lowest BCUT2D eigenvalue weighted by Gasteiger charge is -2.20. The average Bonchev–Trinajstić information content (AvgIpc) is 2.67. The predicted molar refractivity (Wildman–Crippen MR) is 107 cm³/mol. The topological polar surface area (TPSA) is 82.6 Å². The van der Waals surface area contributed by atoms with Gasteiger partial charge in [-0.05, 0) is 34.0 Å². The molecule has 0 saturated heterocycles. The molecule has 0 spiro atoms. The molecule has 1 heterocycles. The van der Waals surface area contributed by atoms with Gasteiger partial charge in [0, 0.05) is 42.1 Å². The van der Waals surface area contributed by atoms with Crippen molar-refractivity contribution in [2.45, 2.75) is 18.9 Å². The molecule has 6 heteroatoms. The minimum absolute atomic E-state index is 0.0107. The van der Waals surface area contributed by atoms with E-state index in [9.17, 15) is 15.0 Å². The largest absolute Gasteiger partial charge is 0.504 e. The number of phenolic OH excluding ortho intramolecular Hbond substituents is 1. The van der Waals surface area contributed by atoms with Crippen LogP contribution in [0.2, 0.25) is 0 Å². The van der Waals surface area contributed by atoms with E-state index in [1.165, 1.54) is 12.1 Å². The summed E-state index contributed by atoms with van der Waals surface area (Å²) in [5.41, 5.74) is 2.05. The molecule has 2 aromatic carbocycles. The van der Waals surface area contributed by atoms with Gasteiger partial charge in [-0.1, -0.05) is 36.4 Å². The highest BCUT2D eigenvalue weighted by atomic mass is 79.9. The molecule has 0 aliphatic carbocycles. The van der Waals surface area contributed by atoms with Gasteiger partial charge >= 0.3 is 0 Å². The van der Waals surface area contributed by atoms with Crippen LogP contribution in [-0.2, 0) is 6.61 Å². The number of hydrogen-bond donors (Lipinski definition) is 3. The molecule has 3 aromatic rings. The number of benzene rings is 2. The molecule has 5 nitrogen and oxygen atoms in total. The van der Waals surface area contributed by atoms with E-state index in [4.69, 9.17) is 4.74 Å². The number of halogens is 1. The molecule has 140 valence electrons. The maximum atomic E-state index is 11.7. The lowest BCUT2D eigenvalue weighted by Crippen LogP contribution is -2.10. The van der Waals surface area contributed by atoms with Gasteiger partial charge < -0.3 is 19.9 Å². The Hall–Kier alpha value is -2.57. The number of aromatic hydroxyl groups is 1. The number of rotatable bonds is 7. The summed E-state index contributed by atoms with van der Waals surface area (Å²) in [6, 6.07) is 16.1. The normalized spacial score (nSPS) is 11.9. The zero-order valence-corrected chi connectivity index (χ0v) is 16.1. The van der Waals surface area contributed by atoms with Gasteiger partial charge in [0.1, 0.15) is 6.61 Å². The molecule has 27 heavy (non-hydrogen) atoms. The fourth-order valence-electron chi connectivity index (χ4n) is 2.98. The molecule has 3 N–H and O–H groups in total. The molecular formula is C21H20BrNO4.